The largest absolute Gasteiger partial charge is 0.379 e. The lowest BCUT2D eigenvalue weighted by Crippen LogP contribution is -2.40. The summed E-state index contributed by atoms with van der Waals surface area (Å²) in [7, 11) is 1.84. The Labute approximate surface area is 133 Å². The predicted molar refractivity (Wildman–Crippen MR) is 92.8 cm³/mol. The van der Waals surface area contributed by atoms with Crippen molar-refractivity contribution in [2.75, 3.05) is 13.7 Å². The summed E-state index contributed by atoms with van der Waals surface area (Å²) < 4.78 is 5.60. The molecule has 126 valence electrons. The molecule has 0 bridgehead atoms. The Kier molecular flexibility index (Phi) is 8.89. The van der Waals surface area contributed by atoms with Gasteiger partial charge >= 0.3 is 0 Å². The van der Waals surface area contributed by atoms with Gasteiger partial charge in [-0.25, -0.2) is 0 Å². The first-order valence-corrected chi connectivity index (χ1v) is 9.31. The van der Waals surface area contributed by atoms with Crippen LogP contribution in [0, 0.1) is 11.8 Å². The standard InChI is InChI=1S/C19H39NO/c1-6-8-16-9-11-17(12-10-16)18(20-15-7-2)13-14-19(3,4)21-5/h16-18,20H,6-15H2,1-5H3. The molecule has 0 aromatic carbocycles. The van der Waals surface area contributed by atoms with E-state index in [-0.39, 0.29) is 5.60 Å². The predicted octanol–water partition coefficient (Wildman–Crippen LogP) is 5.17. The Hall–Kier alpha value is -0.0800. The Morgan fingerprint density at radius 1 is 1.10 bits per heavy atom. The van der Waals surface area contributed by atoms with Gasteiger partial charge in [-0.2, -0.15) is 0 Å². The molecule has 1 unspecified atom stereocenters. The lowest BCUT2D eigenvalue weighted by atomic mass is 9.75. The minimum Gasteiger partial charge on any atom is -0.379 e. The summed E-state index contributed by atoms with van der Waals surface area (Å²) in [5.41, 5.74) is 0.0194. The van der Waals surface area contributed by atoms with Crippen LogP contribution in [-0.2, 0) is 4.74 Å². The van der Waals surface area contributed by atoms with Crippen LogP contribution < -0.4 is 5.32 Å². The lowest BCUT2D eigenvalue weighted by molar-refractivity contribution is 0.00922. The molecule has 1 rings (SSSR count). The second-order valence-electron chi connectivity index (χ2n) is 7.63. The van der Waals surface area contributed by atoms with E-state index in [0.29, 0.717) is 6.04 Å². The van der Waals surface area contributed by atoms with Crippen molar-refractivity contribution in [2.24, 2.45) is 11.8 Å². The van der Waals surface area contributed by atoms with Crippen molar-refractivity contribution in [3.8, 4) is 0 Å². The molecule has 2 heteroatoms. The molecule has 1 N–H and O–H groups in total. The van der Waals surface area contributed by atoms with Gasteiger partial charge in [0, 0.05) is 13.2 Å². The second-order valence-corrected chi connectivity index (χ2v) is 7.63. The highest BCUT2D eigenvalue weighted by Crippen LogP contribution is 2.35. The van der Waals surface area contributed by atoms with Crippen LogP contribution in [0.1, 0.15) is 85.5 Å². The zero-order chi connectivity index (χ0) is 15.7. The first-order chi connectivity index (χ1) is 10.0. The van der Waals surface area contributed by atoms with Crippen molar-refractivity contribution < 1.29 is 4.74 Å². The van der Waals surface area contributed by atoms with E-state index in [9.17, 15) is 0 Å². The van der Waals surface area contributed by atoms with Crippen molar-refractivity contribution in [2.45, 2.75) is 97.1 Å². The van der Waals surface area contributed by atoms with Gasteiger partial charge in [-0.3, -0.25) is 0 Å². The van der Waals surface area contributed by atoms with Gasteiger partial charge in [0.1, 0.15) is 0 Å². The summed E-state index contributed by atoms with van der Waals surface area (Å²) in [5.74, 6) is 1.89. The van der Waals surface area contributed by atoms with E-state index in [0.717, 1.165) is 24.8 Å². The maximum Gasteiger partial charge on any atom is 0.0623 e. The van der Waals surface area contributed by atoms with Crippen molar-refractivity contribution in [1.29, 1.82) is 0 Å². The summed E-state index contributed by atoms with van der Waals surface area (Å²) >= 11 is 0. The fourth-order valence-corrected chi connectivity index (χ4v) is 3.73. The molecular weight excluding hydrogens is 258 g/mol. The molecule has 21 heavy (non-hydrogen) atoms. The van der Waals surface area contributed by atoms with Crippen LogP contribution in [0.3, 0.4) is 0 Å². The molecule has 1 atom stereocenters. The van der Waals surface area contributed by atoms with E-state index < -0.39 is 0 Å². The number of ether oxygens (including phenoxy) is 1. The molecule has 0 aromatic rings. The molecule has 1 fully saturated rings. The third kappa shape index (κ3) is 7.15. The van der Waals surface area contributed by atoms with Crippen LogP contribution in [0.4, 0.5) is 0 Å². The number of hydrogen-bond donors (Lipinski definition) is 1. The van der Waals surface area contributed by atoms with E-state index >= 15 is 0 Å². The van der Waals surface area contributed by atoms with Crippen LogP contribution in [0.2, 0.25) is 0 Å². The number of methoxy groups -OCH3 is 1. The summed E-state index contributed by atoms with van der Waals surface area (Å²) in [6.07, 6.45) is 12.2. The highest BCUT2D eigenvalue weighted by atomic mass is 16.5. The molecule has 0 amide bonds. The molecule has 0 radical (unpaired) electrons. The normalized spacial score (nSPS) is 25.0. The van der Waals surface area contributed by atoms with E-state index in [4.69, 9.17) is 4.74 Å². The molecule has 1 aliphatic rings. The van der Waals surface area contributed by atoms with Crippen LogP contribution in [0.5, 0.6) is 0 Å². The third-order valence-corrected chi connectivity index (χ3v) is 5.42. The van der Waals surface area contributed by atoms with Gasteiger partial charge < -0.3 is 10.1 Å². The van der Waals surface area contributed by atoms with Crippen LogP contribution in [-0.4, -0.2) is 25.3 Å². The van der Waals surface area contributed by atoms with Gasteiger partial charge in [0.05, 0.1) is 5.60 Å². The minimum absolute atomic E-state index is 0.0194. The first kappa shape index (κ1) is 19.0. The van der Waals surface area contributed by atoms with E-state index in [1.165, 1.54) is 51.4 Å². The Morgan fingerprint density at radius 2 is 1.76 bits per heavy atom. The zero-order valence-electron chi connectivity index (χ0n) is 15.2. The fourth-order valence-electron chi connectivity index (χ4n) is 3.73. The summed E-state index contributed by atoms with van der Waals surface area (Å²) in [6, 6.07) is 0.696. The topological polar surface area (TPSA) is 21.3 Å². The van der Waals surface area contributed by atoms with Crippen molar-refractivity contribution in [1.82, 2.24) is 5.32 Å². The fraction of sp³-hybridized carbons (Fsp3) is 1.00. The maximum atomic E-state index is 5.60. The second kappa shape index (κ2) is 9.84. The van der Waals surface area contributed by atoms with Crippen molar-refractivity contribution in [3.05, 3.63) is 0 Å². The van der Waals surface area contributed by atoms with Gasteiger partial charge in [0.25, 0.3) is 0 Å². The lowest BCUT2D eigenvalue weighted by Gasteiger charge is -2.36. The van der Waals surface area contributed by atoms with Crippen LogP contribution in [0.15, 0.2) is 0 Å². The smallest absolute Gasteiger partial charge is 0.0623 e. The van der Waals surface area contributed by atoms with Gasteiger partial charge in [0.15, 0.2) is 0 Å². The van der Waals surface area contributed by atoms with Gasteiger partial charge in [-0.15, -0.1) is 0 Å². The molecule has 1 saturated carbocycles. The van der Waals surface area contributed by atoms with E-state index in [2.05, 4.69) is 33.0 Å². The van der Waals surface area contributed by atoms with Gasteiger partial charge in [-0.05, 0) is 64.3 Å². The summed E-state index contributed by atoms with van der Waals surface area (Å²) in [4.78, 5) is 0. The van der Waals surface area contributed by atoms with Crippen molar-refractivity contribution >= 4 is 0 Å². The molecule has 0 aromatic heterocycles. The van der Waals surface area contributed by atoms with E-state index in [1.54, 1.807) is 0 Å². The monoisotopic (exact) mass is 297 g/mol. The Balaban J connectivity index is 2.46. The summed E-state index contributed by atoms with van der Waals surface area (Å²) in [6.45, 7) is 10.2. The molecule has 2 nitrogen and oxygen atoms in total. The third-order valence-electron chi connectivity index (χ3n) is 5.42. The van der Waals surface area contributed by atoms with Crippen LogP contribution >= 0.6 is 0 Å². The molecule has 0 heterocycles. The van der Waals surface area contributed by atoms with Gasteiger partial charge in [-0.1, -0.05) is 39.5 Å². The molecule has 1 aliphatic carbocycles. The van der Waals surface area contributed by atoms with Crippen LogP contribution in [0.25, 0.3) is 0 Å². The van der Waals surface area contributed by atoms with Crippen molar-refractivity contribution in [3.63, 3.8) is 0 Å². The number of rotatable bonds is 10. The quantitative estimate of drug-likeness (QED) is 0.601. The Morgan fingerprint density at radius 3 is 2.29 bits per heavy atom. The highest BCUT2D eigenvalue weighted by Gasteiger charge is 2.28. The molecule has 0 spiro atoms. The molecule has 0 saturated heterocycles. The minimum atomic E-state index is 0.0194. The highest BCUT2D eigenvalue weighted by molar-refractivity contribution is 4.84. The average Bonchev–Trinajstić information content (AvgIpc) is 2.49. The SMILES string of the molecule is CCCNC(CCC(C)(C)OC)C1CCC(CCC)CC1. The van der Waals surface area contributed by atoms with Gasteiger partial charge in [0.2, 0.25) is 0 Å². The Bertz CT molecular complexity index is 256. The maximum absolute atomic E-state index is 5.60. The first-order valence-electron chi connectivity index (χ1n) is 9.31. The molecule has 0 aliphatic heterocycles. The molecular formula is C19H39NO. The number of hydrogen-bond acceptors (Lipinski definition) is 2. The average molecular weight is 298 g/mol. The summed E-state index contributed by atoms with van der Waals surface area (Å²) in [5, 5.41) is 3.83. The van der Waals surface area contributed by atoms with E-state index in [1.807, 2.05) is 7.11 Å². The number of nitrogens with one attached hydrogen (secondary N) is 1. The zero-order valence-corrected chi connectivity index (χ0v) is 15.2.